The number of nitrogens with zero attached hydrogens (tertiary/aromatic N) is 3. The molecule has 110 valence electrons. The molecule has 0 radical (unpaired) electrons. The van der Waals surface area contributed by atoms with Gasteiger partial charge < -0.3 is 16.0 Å². The normalized spacial score (nSPS) is 16.1. The molecule has 1 aromatic rings. The third-order valence-corrected chi connectivity index (χ3v) is 3.43. The van der Waals surface area contributed by atoms with Gasteiger partial charge in [0.05, 0.1) is 12.2 Å². The van der Waals surface area contributed by atoms with Gasteiger partial charge in [-0.3, -0.25) is 9.69 Å². The second-order valence-corrected chi connectivity index (χ2v) is 5.03. The molecule has 6 heteroatoms. The standard InChI is InChI=1S/C14H23N5O/c1-2-5-16-13(20)11-18-7-9-19(10-8-18)14-12(15)4-3-6-17-14/h3-4,6H,2,5,7-11,15H2,1H3,(H,16,20). The van der Waals surface area contributed by atoms with E-state index in [1.54, 1.807) is 6.20 Å². The summed E-state index contributed by atoms with van der Waals surface area (Å²) in [5.74, 6) is 0.959. The smallest absolute Gasteiger partial charge is 0.234 e. The second-order valence-electron chi connectivity index (χ2n) is 5.03. The van der Waals surface area contributed by atoms with Gasteiger partial charge in [0.1, 0.15) is 0 Å². The average Bonchev–Trinajstić information content (AvgIpc) is 2.47. The van der Waals surface area contributed by atoms with Gasteiger partial charge in [0.15, 0.2) is 5.82 Å². The van der Waals surface area contributed by atoms with E-state index in [9.17, 15) is 4.79 Å². The molecule has 3 N–H and O–H groups in total. The molecule has 1 aromatic heterocycles. The maximum absolute atomic E-state index is 11.7. The lowest BCUT2D eigenvalue weighted by atomic mass is 10.3. The highest BCUT2D eigenvalue weighted by molar-refractivity contribution is 5.78. The Morgan fingerprint density at radius 3 is 2.80 bits per heavy atom. The zero-order valence-electron chi connectivity index (χ0n) is 12.0. The van der Waals surface area contributed by atoms with Crippen molar-refractivity contribution in [2.75, 3.05) is 49.9 Å². The number of piperazine rings is 1. The average molecular weight is 277 g/mol. The largest absolute Gasteiger partial charge is 0.396 e. The predicted molar refractivity (Wildman–Crippen MR) is 80.6 cm³/mol. The van der Waals surface area contributed by atoms with Crippen molar-refractivity contribution in [3.8, 4) is 0 Å². The van der Waals surface area contributed by atoms with Crippen molar-refractivity contribution in [3.63, 3.8) is 0 Å². The fraction of sp³-hybridized carbons (Fsp3) is 0.571. The highest BCUT2D eigenvalue weighted by Crippen LogP contribution is 2.20. The summed E-state index contributed by atoms with van der Waals surface area (Å²) in [4.78, 5) is 20.4. The Hall–Kier alpha value is -1.82. The first-order chi connectivity index (χ1) is 9.70. The number of nitrogen functional groups attached to an aromatic ring is 1. The van der Waals surface area contributed by atoms with Gasteiger partial charge in [0.2, 0.25) is 5.91 Å². The first-order valence-corrected chi connectivity index (χ1v) is 7.15. The van der Waals surface area contributed by atoms with Crippen LogP contribution in [0.25, 0.3) is 0 Å². The van der Waals surface area contributed by atoms with E-state index in [4.69, 9.17) is 5.73 Å². The number of carbonyl (C=O) groups excluding carboxylic acids is 1. The molecule has 0 bridgehead atoms. The van der Waals surface area contributed by atoms with Crippen LogP contribution in [0.1, 0.15) is 13.3 Å². The number of carbonyl (C=O) groups is 1. The molecular weight excluding hydrogens is 254 g/mol. The first-order valence-electron chi connectivity index (χ1n) is 7.15. The molecule has 20 heavy (non-hydrogen) atoms. The van der Waals surface area contributed by atoms with Gasteiger partial charge in [-0.2, -0.15) is 0 Å². The molecule has 6 nitrogen and oxygen atoms in total. The van der Waals surface area contributed by atoms with Crippen LogP contribution in [0.2, 0.25) is 0 Å². The number of nitrogens with two attached hydrogens (primary N) is 1. The quantitative estimate of drug-likeness (QED) is 0.810. The number of anilines is 2. The zero-order valence-corrected chi connectivity index (χ0v) is 12.0. The van der Waals surface area contributed by atoms with E-state index in [0.717, 1.165) is 45.0 Å². The predicted octanol–water partition coefficient (Wildman–Crippen LogP) is 0.312. The number of aromatic nitrogens is 1. The van der Waals surface area contributed by atoms with Gasteiger partial charge in [-0.1, -0.05) is 6.92 Å². The Bertz CT molecular complexity index is 443. The zero-order chi connectivity index (χ0) is 14.4. The minimum Gasteiger partial charge on any atom is -0.396 e. The van der Waals surface area contributed by atoms with Crippen LogP contribution in [0.4, 0.5) is 11.5 Å². The van der Waals surface area contributed by atoms with Crippen LogP contribution >= 0.6 is 0 Å². The molecular formula is C14H23N5O. The Morgan fingerprint density at radius 1 is 1.40 bits per heavy atom. The van der Waals surface area contributed by atoms with E-state index in [0.29, 0.717) is 12.2 Å². The van der Waals surface area contributed by atoms with Gasteiger partial charge in [-0.05, 0) is 18.6 Å². The van der Waals surface area contributed by atoms with E-state index in [-0.39, 0.29) is 5.91 Å². The Morgan fingerprint density at radius 2 is 2.15 bits per heavy atom. The van der Waals surface area contributed by atoms with E-state index in [1.165, 1.54) is 0 Å². The van der Waals surface area contributed by atoms with Crippen molar-refractivity contribution >= 4 is 17.4 Å². The molecule has 2 heterocycles. The summed E-state index contributed by atoms with van der Waals surface area (Å²) in [5.41, 5.74) is 6.65. The fourth-order valence-electron chi connectivity index (χ4n) is 2.31. The van der Waals surface area contributed by atoms with Crippen molar-refractivity contribution in [1.82, 2.24) is 15.2 Å². The Kier molecular flexibility index (Phi) is 5.17. The van der Waals surface area contributed by atoms with E-state index < -0.39 is 0 Å². The van der Waals surface area contributed by atoms with Crippen molar-refractivity contribution in [2.24, 2.45) is 0 Å². The third-order valence-electron chi connectivity index (χ3n) is 3.43. The molecule has 1 amide bonds. The molecule has 1 aliphatic rings. The van der Waals surface area contributed by atoms with Crippen LogP contribution in [-0.4, -0.2) is 55.1 Å². The summed E-state index contributed by atoms with van der Waals surface area (Å²) >= 11 is 0. The van der Waals surface area contributed by atoms with E-state index in [2.05, 4.69) is 27.0 Å². The molecule has 0 aromatic carbocycles. The number of pyridine rings is 1. The van der Waals surface area contributed by atoms with E-state index >= 15 is 0 Å². The molecule has 0 spiro atoms. The van der Waals surface area contributed by atoms with Gasteiger partial charge in [0, 0.05) is 38.9 Å². The van der Waals surface area contributed by atoms with Gasteiger partial charge >= 0.3 is 0 Å². The van der Waals surface area contributed by atoms with Gasteiger partial charge in [-0.25, -0.2) is 4.98 Å². The van der Waals surface area contributed by atoms with Crippen molar-refractivity contribution in [3.05, 3.63) is 18.3 Å². The molecule has 0 aliphatic carbocycles. The summed E-state index contributed by atoms with van der Waals surface area (Å²) in [5, 5.41) is 2.91. The van der Waals surface area contributed by atoms with Gasteiger partial charge in [0.25, 0.3) is 0 Å². The van der Waals surface area contributed by atoms with Crippen molar-refractivity contribution in [2.45, 2.75) is 13.3 Å². The van der Waals surface area contributed by atoms with Crippen molar-refractivity contribution in [1.29, 1.82) is 0 Å². The maximum atomic E-state index is 11.7. The maximum Gasteiger partial charge on any atom is 0.234 e. The number of amides is 1. The third kappa shape index (κ3) is 3.84. The van der Waals surface area contributed by atoms with Crippen LogP contribution in [0.3, 0.4) is 0 Å². The van der Waals surface area contributed by atoms with Crippen LogP contribution in [0.15, 0.2) is 18.3 Å². The summed E-state index contributed by atoms with van der Waals surface area (Å²) in [7, 11) is 0. The summed E-state index contributed by atoms with van der Waals surface area (Å²) in [6.45, 7) is 6.70. The highest BCUT2D eigenvalue weighted by Gasteiger charge is 2.20. The SMILES string of the molecule is CCCNC(=O)CN1CCN(c2ncccc2N)CC1. The van der Waals surface area contributed by atoms with Crippen molar-refractivity contribution < 1.29 is 4.79 Å². The Labute approximate surface area is 120 Å². The molecule has 0 unspecified atom stereocenters. The number of hydrogen-bond acceptors (Lipinski definition) is 5. The highest BCUT2D eigenvalue weighted by atomic mass is 16.2. The van der Waals surface area contributed by atoms with Gasteiger partial charge in [-0.15, -0.1) is 0 Å². The lowest BCUT2D eigenvalue weighted by Gasteiger charge is -2.35. The molecule has 1 aliphatic heterocycles. The molecule has 2 rings (SSSR count). The lowest BCUT2D eigenvalue weighted by Crippen LogP contribution is -2.49. The van der Waals surface area contributed by atoms with Crippen LogP contribution in [-0.2, 0) is 4.79 Å². The molecule has 1 saturated heterocycles. The molecule has 1 fully saturated rings. The minimum atomic E-state index is 0.109. The summed E-state index contributed by atoms with van der Waals surface area (Å²) < 4.78 is 0. The second kappa shape index (κ2) is 7.09. The number of hydrogen-bond donors (Lipinski definition) is 2. The monoisotopic (exact) mass is 277 g/mol. The summed E-state index contributed by atoms with van der Waals surface area (Å²) in [6, 6.07) is 3.71. The number of nitrogens with one attached hydrogen (secondary N) is 1. The topological polar surface area (TPSA) is 74.5 Å². The minimum absolute atomic E-state index is 0.109. The van der Waals surface area contributed by atoms with Crippen LogP contribution in [0.5, 0.6) is 0 Å². The van der Waals surface area contributed by atoms with E-state index in [1.807, 2.05) is 12.1 Å². The molecule has 0 atom stereocenters. The van der Waals surface area contributed by atoms with Crippen LogP contribution in [0, 0.1) is 0 Å². The Balaban J connectivity index is 1.81. The molecule has 0 saturated carbocycles. The first kappa shape index (κ1) is 14.6. The number of rotatable bonds is 5. The fourth-order valence-corrected chi connectivity index (χ4v) is 2.31. The lowest BCUT2D eigenvalue weighted by molar-refractivity contribution is -0.122. The van der Waals surface area contributed by atoms with Crippen LogP contribution < -0.4 is 16.0 Å². The summed E-state index contributed by atoms with van der Waals surface area (Å²) in [6.07, 6.45) is 2.73.